The molecular weight excluding hydrogens is 366 g/mol. The molecule has 8 heteroatoms. The highest BCUT2D eigenvalue weighted by molar-refractivity contribution is 7.91. The minimum absolute atomic E-state index is 0.0161. The van der Waals surface area contributed by atoms with E-state index in [1.165, 1.54) is 6.08 Å². The second-order valence-corrected chi connectivity index (χ2v) is 8.70. The van der Waals surface area contributed by atoms with E-state index >= 15 is 0 Å². The second-order valence-electron chi connectivity index (χ2n) is 6.47. The predicted octanol–water partition coefficient (Wildman–Crippen LogP) is 1.55. The topological polar surface area (TPSA) is 81.5 Å². The molecule has 0 aliphatic carbocycles. The molecule has 1 fully saturated rings. The van der Waals surface area contributed by atoms with Crippen LogP contribution in [-0.4, -0.2) is 66.8 Å². The Balaban J connectivity index is 1.70. The van der Waals surface area contributed by atoms with Gasteiger partial charge in [-0.15, -0.1) is 0 Å². The summed E-state index contributed by atoms with van der Waals surface area (Å²) in [4.78, 5) is 14.2. The van der Waals surface area contributed by atoms with Gasteiger partial charge in [0, 0.05) is 37.5 Å². The van der Waals surface area contributed by atoms with Crippen LogP contribution in [0.25, 0.3) is 11.8 Å². The van der Waals surface area contributed by atoms with Crippen molar-refractivity contribution in [3.8, 4) is 5.69 Å². The van der Waals surface area contributed by atoms with Crippen LogP contribution >= 0.6 is 0 Å². The number of benzene rings is 1. The zero-order chi connectivity index (χ0) is 19.3. The highest BCUT2D eigenvalue weighted by atomic mass is 32.2. The van der Waals surface area contributed by atoms with Gasteiger partial charge in [-0.05, 0) is 24.6 Å². The van der Waals surface area contributed by atoms with E-state index in [2.05, 4.69) is 5.10 Å². The largest absolute Gasteiger partial charge is 0.383 e. The third-order valence-electron chi connectivity index (χ3n) is 4.51. The molecule has 1 aromatic carbocycles. The van der Waals surface area contributed by atoms with Gasteiger partial charge in [0.1, 0.15) is 0 Å². The first kappa shape index (κ1) is 19.3. The van der Waals surface area contributed by atoms with Gasteiger partial charge >= 0.3 is 0 Å². The number of methoxy groups -OCH3 is 1. The number of nitrogens with zero attached hydrogens (tertiary/aromatic N) is 3. The summed E-state index contributed by atoms with van der Waals surface area (Å²) in [5.41, 5.74) is 1.72. The lowest BCUT2D eigenvalue weighted by atomic mass is 10.2. The Kier molecular flexibility index (Phi) is 6.08. The zero-order valence-electron chi connectivity index (χ0n) is 15.2. The maximum Gasteiger partial charge on any atom is 0.246 e. The van der Waals surface area contributed by atoms with Crippen molar-refractivity contribution in [2.75, 3.05) is 31.8 Å². The Morgan fingerprint density at radius 3 is 2.81 bits per heavy atom. The predicted molar refractivity (Wildman–Crippen MR) is 103 cm³/mol. The molecule has 1 atom stereocenters. The molecule has 0 saturated carbocycles. The van der Waals surface area contributed by atoms with Gasteiger partial charge in [-0.3, -0.25) is 4.79 Å². The SMILES string of the molecule is COCCN(C(=O)/C=C/c1cnn(-c2ccccc2)c1)C1CCS(=O)(=O)C1. The molecule has 0 spiro atoms. The number of ether oxygens (including phenoxy) is 1. The Morgan fingerprint density at radius 1 is 1.37 bits per heavy atom. The van der Waals surface area contributed by atoms with Gasteiger partial charge in [0.2, 0.25) is 5.91 Å². The molecule has 1 aliphatic heterocycles. The van der Waals surface area contributed by atoms with Crippen molar-refractivity contribution >= 4 is 21.8 Å². The van der Waals surface area contributed by atoms with Crippen LogP contribution in [0.1, 0.15) is 12.0 Å². The van der Waals surface area contributed by atoms with Gasteiger partial charge in [-0.1, -0.05) is 18.2 Å². The summed E-state index contributed by atoms with van der Waals surface area (Å²) in [6, 6.07) is 9.38. The average molecular weight is 389 g/mol. The van der Waals surface area contributed by atoms with E-state index in [0.717, 1.165) is 11.3 Å². The van der Waals surface area contributed by atoms with Crippen LogP contribution in [-0.2, 0) is 19.4 Å². The second kappa shape index (κ2) is 8.49. The van der Waals surface area contributed by atoms with Crippen LogP contribution in [0.3, 0.4) is 0 Å². The monoisotopic (exact) mass is 389 g/mol. The fourth-order valence-electron chi connectivity index (χ4n) is 3.09. The van der Waals surface area contributed by atoms with Crippen molar-refractivity contribution in [3.63, 3.8) is 0 Å². The van der Waals surface area contributed by atoms with Gasteiger partial charge in [0.25, 0.3) is 0 Å². The highest BCUT2D eigenvalue weighted by Gasteiger charge is 2.33. The molecule has 144 valence electrons. The highest BCUT2D eigenvalue weighted by Crippen LogP contribution is 2.18. The van der Waals surface area contributed by atoms with Gasteiger partial charge in [-0.25, -0.2) is 13.1 Å². The number of hydrogen-bond donors (Lipinski definition) is 0. The minimum atomic E-state index is -3.07. The maximum atomic E-state index is 12.7. The third kappa shape index (κ3) is 5.05. The van der Waals surface area contributed by atoms with Crippen molar-refractivity contribution in [2.45, 2.75) is 12.5 Å². The lowest BCUT2D eigenvalue weighted by Crippen LogP contribution is -2.42. The summed E-state index contributed by atoms with van der Waals surface area (Å²) in [7, 11) is -1.51. The lowest BCUT2D eigenvalue weighted by molar-refractivity contribution is -0.128. The smallest absolute Gasteiger partial charge is 0.246 e. The van der Waals surface area contributed by atoms with Crippen LogP contribution in [0.15, 0.2) is 48.8 Å². The normalized spacial score (nSPS) is 18.8. The van der Waals surface area contributed by atoms with Crippen LogP contribution in [0.5, 0.6) is 0 Å². The van der Waals surface area contributed by atoms with Gasteiger partial charge < -0.3 is 9.64 Å². The van der Waals surface area contributed by atoms with Gasteiger partial charge in [0.05, 0.1) is 30.0 Å². The van der Waals surface area contributed by atoms with E-state index in [-0.39, 0.29) is 23.5 Å². The van der Waals surface area contributed by atoms with Crippen LogP contribution in [0, 0.1) is 0 Å². The van der Waals surface area contributed by atoms with E-state index in [0.29, 0.717) is 19.6 Å². The number of rotatable bonds is 7. The number of aromatic nitrogens is 2. The lowest BCUT2D eigenvalue weighted by Gasteiger charge is -2.26. The third-order valence-corrected chi connectivity index (χ3v) is 6.26. The molecule has 7 nitrogen and oxygen atoms in total. The van der Waals surface area contributed by atoms with Crippen molar-refractivity contribution < 1.29 is 17.9 Å². The minimum Gasteiger partial charge on any atom is -0.383 e. The summed E-state index contributed by atoms with van der Waals surface area (Å²) in [6.07, 6.45) is 7.14. The molecular formula is C19H23N3O4S. The molecule has 1 aliphatic rings. The fraction of sp³-hybridized carbons (Fsp3) is 0.368. The quantitative estimate of drug-likeness (QED) is 0.671. The molecule has 0 N–H and O–H groups in total. The molecule has 1 unspecified atom stereocenters. The Hall–Kier alpha value is -2.45. The average Bonchev–Trinajstić information content (AvgIpc) is 3.27. The number of carbonyl (C=O) groups is 1. The first-order chi connectivity index (χ1) is 13.0. The van der Waals surface area contributed by atoms with E-state index < -0.39 is 9.84 Å². The number of para-hydroxylation sites is 1. The summed E-state index contributed by atoms with van der Waals surface area (Å²) >= 11 is 0. The van der Waals surface area contributed by atoms with Crippen molar-refractivity contribution in [1.29, 1.82) is 0 Å². The van der Waals surface area contributed by atoms with Crippen molar-refractivity contribution in [2.24, 2.45) is 0 Å². The zero-order valence-corrected chi connectivity index (χ0v) is 16.0. The first-order valence-electron chi connectivity index (χ1n) is 8.76. The molecule has 27 heavy (non-hydrogen) atoms. The van der Waals surface area contributed by atoms with Crippen LogP contribution < -0.4 is 0 Å². The molecule has 2 aromatic rings. The molecule has 3 rings (SSSR count). The molecule has 0 bridgehead atoms. The van der Waals surface area contributed by atoms with Crippen LogP contribution in [0.4, 0.5) is 0 Å². The Labute approximate surface area is 159 Å². The molecule has 0 radical (unpaired) electrons. The number of sulfone groups is 1. The Bertz CT molecular complexity index is 906. The fourth-order valence-corrected chi connectivity index (χ4v) is 4.82. The van der Waals surface area contributed by atoms with Gasteiger partial charge in [-0.2, -0.15) is 5.10 Å². The molecule has 1 aromatic heterocycles. The summed E-state index contributed by atoms with van der Waals surface area (Å²) in [5.74, 6) is -0.0777. The molecule has 2 heterocycles. The number of carbonyl (C=O) groups excluding carboxylic acids is 1. The maximum absolute atomic E-state index is 12.7. The number of amides is 1. The number of hydrogen-bond acceptors (Lipinski definition) is 5. The van der Waals surface area contributed by atoms with E-state index in [4.69, 9.17) is 4.74 Å². The van der Waals surface area contributed by atoms with Gasteiger partial charge in [0.15, 0.2) is 9.84 Å². The van der Waals surface area contributed by atoms with E-state index in [1.807, 2.05) is 36.5 Å². The van der Waals surface area contributed by atoms with E-state index in [9.17, 15) is 13.2 Å². The standard InChI is InChI=1S/C19H23N3O4S/c1-26-11-10-21(18-9-12-27(24,25)15-18)19(23)8-7-16-13-20-22(14-16)17-5-3-2-4-6-17/h2-8,13-14,18H,9-12,15H2,1H3/b8-7+. The molecule has 1 amide bonds. The van der Waals surface area contributed by atoms with Crippen molar-refractivity contribution in [1.82, 2.24) is 14.7 Å². The summed E-state index contributed by atoms with van der Waals surface area (Å²) in [5, 5.41) is 4.30. The molecule has 1 saturated heterocycles. The summed E-state index contributed by atoms with van der Waals surface area (Å²) < 4.78 is 30.3. The first-order valence-corrected chi connectivity index (χ1v) is 10.6. The summed E-state index contributed by atoms with van der Waals surface area (Å²) in [6.45, 7) is 0.727. The van der Waals surface area contributed by atoms with Crippen LogP contribution in [0.2, 0.25) is 0 Å². The van der Waals surface area contributed by atoms with E-state index in [1.54, 1.807) is 29.0 Å². The Morgan fingerprint density at radius 2 is 2.15 bits per heavy atom. The van der Waals surface area contributed by atoms with Crippen molar-refractivity contribution in [3.05, 3.63) is 54.4 Å².